The molecule has 24 heavy (non-hydrogen) atoms. The van der Waals surface area contributed by atoms with Crippen LogP contribution >= 0.6 is 0 Å². The van der Waals surface area contributed by atoms with Crippen LogP contribution in [0.5, 0.6) is 11.5 Å². The van der Waals surface area contributed by atoms with Crippen LogP contribution in [0.3, 0.4) is 0 Å². The lowest BCUT2D eigenvalue weighted by molar-refractivity contribution is -0.115. The minimum Gasteiger partial charge on any atom is -0.497 e. The van der Waals surface area contributed by atoms with Gasteiger partial charge in [0.1, 0.15) is 11.5 Å². The van der Waals surface area contributed by atoms with E-state index in [2.05, 4.69) is 10.3 Å². The fourth-order valence-electron chi connectivity index (χ4n) is 2.78. The van der Waals surface area contributed by atoms with E-state index in [1.54, 1.807) is 20.3 Å². The number of fused-ring (bicyclic) bond motifs is 1. The topological polar surface area (TPSA) is 63.3 Å². The molecule has 0 aliphatic carbocycles. The van der Waals surface area contributed by atoms with Gasteiger partial charge in [0.15, 0.2) is 0 Å². The van der Waals surface area contributed by atoms with Crippen LogP contribution in [0.25, 0.3) is 10.9 Å². The van der Waals surface area contributed by atoms with Gasteiger partial charge >= 0.3 is 0 Å². The normalized spacial score (nSPS) is 10.6. The number of aromatic amines is 1. The minimum absolute atomic E-state index is 0.0740. The Labute approximate surface area is 140 Å². The zero-order valence-corrected chi connectivity index (χ0v) is 14.0. The van der Waals surface area contributed by atoms with E-state index in [0.717, 1.165) is 33.6 Å². The molecule has 0 saturated carbocycles. The first-order valence-corrected chi connectivity index (χ1v) is 7.70. The lowest BCUT2D eigenvalue weighted by Crippen LogP contribution is -2.14. The van der Waals surface area contributed by atoms with Crippen LogP contribution in [0.2, 0.25) is 0 Å². The van der Waals surface area contributed by atoms with Crippen LogP contribution in [-0.4, -0.2) is 25.1 Å². The minimum atomic E-state index is -0.0740. The number of nitrogens with one attached hydrogen (secondary N) is 2. The molecule has 0 unspecified atom stereocenters. The fraction of sp³-hybridized carbons (Fsp3) is 0.211. The number of H-pyrrole nitrogens is 1. The summed E-state index contributed by atoms with van der Waals surface area (Å²) in [6.45, 7) is 1.97. The van der Waals surface area contributed by atoms with Crippen LogP contribution in [-0.2, 0) is 11.2 Å². The molecule has 0 bridgehead atoms. The summed E-state index contributed by atoms with van der Waals surface area (Å²) in [6.07, 6.45) is 0.288. The summed E-state index contributed by atoms with van der Waals surface area (Å²) in [6, 6.07) is 13.1. The van der Waals surface area contributed by atoms with E-state index in [9.17, 15) is 4.79 Å². The predicted molar refractivity (Wildman–Crippen MR) is 94.9 cm³/mol. The van der Waals surface area contributed by atoms with Gasteiger partial charge in [0.2, 0.25) is 5.91 Å². The molecule has 5 heteroatoms. The molecular weight excluding hydrogens is 304 g/mol. The van der Waals surface area contributed by atoms with Crippen molar-refractivity contribution in [3.05, 3.63) is 53.7 Å². The number of ether oxygens (including phenoxy) is 2. The van der Waals surface area contributed by atoms with Gasteiger partial charge in [-0.15, -0.1) is 0 Å². The zero-order chi connectivity index (χ0) is 17.1. The summed E-state index contributed by atoms with van der Waals surface area (Å²) in [5.41, 5.74) is 3.68. The second-order valence-corrected chi connectivity index (χ2v) is 5.60. The van der Waals surface area contributed by atoms with Crippen molar-refractivity contribution < 1.29 is 14.3 Å². The number of aryl methyl sites for hydroxylation is 1. The molecule has 3 aromatic rings. The molecule has 3 rings (SSSR count). The molecule has 124 valence electrons. The molecule has 1 heterocycles. The Morgan fingerprint density at radius 2 is 1.83 bits per heavy atom. The van der Waals surface area contributed by atoms with Crippen LogP contribution in [0.1, 0.15) is 11.3 Å². The van der Waals surface area contributed by atoms with Crippen molar-refractivity contribution in [2.24, 2.45) is 0 Å². The number of carbonyl (C=O) groups is 1. The van der Waals surface area contributed by atoms with Crippen molar-refractivity contribution in [3.63, 3.8) is 0 Å². The van der Waals surface area contributed by atoms with Crippen LogP contribution in [0, 0.1) is 6.92 Å². The van der Waals surface area contributed by atoms with Gasteiger partial charge in [0, 0.05) is 28.4 Å². The third kappa shape index (κ3) is 3.20. The summed E-state index contributed by atoms with van der Waals surface area (Å²) in [4.78, 5) is 15.7. The molecule has 1 aromatic heterocycles. The average molecular weight is 324 g/mol. The van der Waals surface area contributed by atoms with Crippen LogP contribution < -0.4 is 14.8 Å². The van der Waals surface area contributed by atoms with Crippen molar-refractivity contribution in [1.82, 2.24) is 4.98 Å². The lowest BCUT2D eigenvalue weighted by Gasteiger charge is -2.07. The number of aromatic nitrogens is 1. The smallest absolute Gasteiger partial charge is 0.228 e. The van der Waals surface area contributed by atoms with E-state index in [1.807, 2.05) is 43.3 Å². The third-order valence-corrected chi connectivity index (χ3v) is 4.02. The van der Waals surface area contributed by atoms with Gasteiger partial charge in [-0.3, -0.25) is 4.79 Å². The second kappa shape index (κ2) is 6.66. The van der Waals surface area contributed by atoms with Gasteiger partial charge in [-0.05, 0) is 42.8 Å². The summed E-state index contributed by atoms with van der Waals surface area (Å²) in [5, 5.41) is 3.92. The maximum atomic E-state index is 12.4. The molecule has 0 radical (unpaired) electrons. The Morgan fingerprint density at radius 3 is 2.58 bits per heavy atom. The second-order valence-electron chi connectivity index (χ2n) is 5.60. The molecule has 0 spiro atoms. The highest BCUT2D eigenvalue weighted by atomic mass is 16.5. The standard InChI is InChI=1S/C19H20N2O3/c1-12-16(17-10-15(24-3)7-8-18(17)20-12)11-19(22)21-13-5-4-6-14(9-13)23-2/h4-10,20H,11H2,1-3H3,(H,21,22). The van der Waals surface area contributed by atoms with Crippen molar-refractivity contribution in [3.8, 4) is 11.5 Å². The molecule has 1 amide bonds. The molecule has 0 fully saturated rings. The van der Waals surface area contributed by atoms with E-state index < -0.39 is 0 Å². The number of benzene rings is 2. The van der Waals surface area contributed by atoms with Crippen LogP contribution in [0.15, 0.2) is 42.5 Å². The summed E-state index contributed by atoms with van der Waals surface area (Å²) in [7, 11) is 3.24. The van der Waals surface area contributed by atoms with E-state index in [4.69, 9.17) is 9.47 Å². The third-order valence-electron chi connectivity index (χ3n) is 4.02. The average Bonchev–Trinajstić information content (AvgIpc) is 2.89. The van der Waals surface area contributed by atoms with Gasteiger partial charge in [0.05, 0.1) is 20.6 Å². The van der Waals surface area contributed by atoms with Crippen molar-refractivity contribution >= 4 is 22.5 Å². The van der Waals surface area contributed by atoms with Crippen molar-refractivity contribution in [1.29, 1.82) is 0 Å². The predicted octanol–water partition coefficient (Wildman–Crippen LogP) is 3.67. The largest absolute Gasteiger partial charge is 0.497 e. The highest BCUT2D eigenvalue weighted by Gasteiger charge is 2.13. The highest BCUT2D eigenvalue weighted by molar-refractivity contribution is 5.96. The first-order valence-electron chi connectivity index (χ1n) is 7.70. The number of hydrogen-bond donors (Lipinski definition) is 2. The van der Waals surface area contributed by atoms with E-state index >= 15 is 0 Å². The van der Waals surface area contributed by atoms with Gasteiger partial charge in [-0.25, -0.2) is 0 Å². The van der Waals surface area contributed by atoms with E-state index in [0.29, 0.717) is 5.75 Å². The number of hydrogen-bond acceptors (Lipinski definition) is 3. The van der Waals surface area contributed by atoms with Gasteiger partial charge in [-0.2, -0.15) is 0 Å². The number of rotatable bonds is 5. The van der Waals surface area contributed by atoms with Gasteiger partial charge < -0.3 is 19.8 Å². The highest BCUT2D eigenvalue weighted by Crippen LogP contribution is 2.27. The summed E-state index contributed by atoms with van der Waals surface area (Å²) in [5.74, 6) is 1.41. The monoisotopic (exact) mass is 324 g/mol. The first-order chi connectivity index (χ1) is 11.6. The first kappa shape index (κ1) is 15.9. The maximum Gasteiger partial charge on any atom is 0.228 e. The van der Waals surface area contributed by atoms with Crippen molar-refractivity contribution in [2.45, 2.75) is 13.3 Å². The molecule has 0 aliphatic rings. The number of methoxy groups -OCH3 is 2. The zero-order valence-electron chi connectivity index (χ0n) is 14.0. The van der Waals surface area contributed by atoms with E-state index in [-0.39, 0.29) is 12.3 Å². The molecule has 2 N–H and O–H groups in total. The summed E-state index contributed by atoms with van der Waals surface area (Å²) < 4.78 is 10.5. The Hall–Kier alpha value is -2.95. The molecule has 0 saturated heterocycles. The molecule has 2 aromatic carbocycles. The molecule has 0 atom stereocenters. The van der Waals surface area contributed by atoms with E-state index in [1.165, 1.54) is 0 Å². The molecular formula is C19H20N2O3. The Balaban J connectivity index is 1.83. The summed E-state index contributed by atoms with van der Waals surface area (Å²) >= 11 is 0. The van der Waals surface area contributed by atoms with Crippen LogP contribution in [0.4, 0.5) is 5.69 Å². The van der Waals surface area contributed by atoms with Crippen molar-refractivity contribution in [2.75, 3.05) is 19.5 Å². The maximum absolute atomic E-state index is 12.4. The number of amides is 1. The molecule has 5 nitrogen and oxygen atoms in total. The fourth-order valence-corrected chi connectivity index (χ4v) is 2.78. The van der Waals surface area contributed by atoms with Gasteiger partial charge in [0.25, 0.3) is 0 Å². The Kier molecular flexibility index (Phi) is 4.42. The number of anilines is 1. The Morgan fingerprint density at radius 1 is 1.08 bits per heavy atom. The quantitative estimate of drug-likeness (QED) is 0.752. The Bertz CT molecular complexity index is 883. The van der Waals surface area contributed by atoms with Gasteiger partial charge in [-0.1, -0.05) is 6.07 Å². The lowest BCUT2D eigenvalue weighted by atomic mass is 10.1. The molecule has 0 aliphatic heterocycles. The SMILES string of the molecule is COc1cccc(NC(=O)Cc2c(C)[nH]c3ccc(OC)cc23)c1. The number of carbonyl (C=O) groups excluding carboxylic acids is 1.